The van der Waals surface area contributed by atoms with Gasteiger partial charge in [0.25, 0.3) is 0 Å². The molecule has 1 saturated carbocycles. The van der Waals surface area contributed by atoms with Crippen LogP contribution in [0, 0.1) is 0 Å². The van der Waals surface area contributed by atoms with Crippen LogP contribution in [0.2, 0.25) is 0 Å². The summed E-state index contributed by atoms with van der Waals surface area (Å²) < 4.78 is 0. The summed E-state index contributed by atoms with van der Waals surface area (Å²) in [6.07, 6.45) is 5.92. The summed E-state index contributed by atoms with van der Waals surface area (Å²) in [6.45, 7) is 0. The molecule has 66 valence electrons. The Bertz CT molecular complexity index is 454. The van der Waals surface area contributed by atoms with Crippen LogP contribution in [0.15, 0.2) is 24.5 Å². The van der Waals surface area contributed by atoms with Crippen molar-refractivity contribution in [2.45, 2.75) is 18.4 Å². The fourth-order valence-corrected chi connectivity index (χ4v) is 1.80. The molecule has 0 saturated heterocycles. The summed E-state index contributed by atoms with van der Waals surface area (Å²) >= 11 is 0. The van der Waals surface area contributed by atoms with Gasteiger partial charge < -0.3 is 10.7 Å². The molecule has 0 unspecified atom stereocenters. The normalized spacial score (nSPS) is 19.2. The van der Waals surface area contributed by atoms with Gasteiger partial charge in [0.2, 0.25) is 0 Å². The molecule has 1 aliphatic carbocycles. The lowest BCUT2D eigenvalue weighted by Crippen LogP contribution is -2.18. The zero-order valence-electron chi connectivity index (χ0n) is 7.25. The highest BCUT2D eigenvalue weighted by molar-refractivity contribution is 5.80. The van der Waals surface area contributed by atoms with Crippen LogP contribution in [0.1, 0.15) is 18.4 Å². The summed E-state index contributed by atoms with van der Waals surface area (Å²) in [7, 11) is 0. The van der Waals surface area contributed by atoms with Gasteiger partial charge in [-0.15, -0.1) is 0 Å². The van der Waals surface area contributed by atoms with Crippen molar-refractivity contribution >= 4 is 11.0 Å². The monoisotopic (exact) mass is 173 g/mol. The Morgan fingerprint density at radius 1 is 1.38 bits per heavy atom. The average Bonchev–Trinajstić information content (AvgIpc) is 2.72. The molecule has 2 aromatic heterocycles. The van der Waals surface area contributed by atoms with Crippen molar-refractivity contribution < 1.29 is 0 Å². The molecular formula is C10H11N3. The molecule has 3 heteroatoms. The van der Waals surface area contributed by atoms with E-state index in [1.165, 1.54) is 10.9 Å². The highest BCUT2D eigenvalue weighted by Gasteiger charge is 2.41. The molecule has 0 bridgehead atoms. The number of rotatable bonds is 1. The molecule has 0 spiro atoms. The molecule has 0 atom stereocenters. The van der Waals surface area contributed by atoms with Gasteiger partial charge in [-0.1, -0.05) is 0 Å². The van der Waals surface area contributed by atoms with Crippen molar-refractivity contribution in [3.8, 4) is 0 Å². The molecule has 0 aromatic carbocycles. The molecule has 3 N–H and O–H groups in total. The van der Waals surface area contributed by atoms with Crippen LogP contribution in [0.3, 0.4) is 0 Å². The van der Waals surface area contributed by atoms with Gasteiger partial charge in [0.1, 0.15) is 5.65 Å². The van der Waals surface area contributed by atoms with E-state index >= 15 is 0 Å². The van der Waals surface area contributed by atoms with Gasteiger partial charge in [0.05, 0.1) is 0 Å². The van der Waals surface area contributed by atoms with Gasteiger partial charge >= 0.3 is 0 Å². The second kappa shape index (κ2) is 2.12. The molecule has 0 radical (unpaired) electrons. The van der Waals surface area contributed by atoms with Gasteiger partial charge in [-0.25, -0.2) is 4.98 Å². The maximum absolute atomic E-state index is 6.15. The van der Waals surface area contributed by atoms with E-state index in [2.05, 4.69) is 9.97 Å². The quantitative estimate of drug-likeness (QED) is 0.686. The summed E-state index contributed by atoms with van der Waals surface area (Å²) in [5, 5.41) is 1.17. The van der Waals surface area contributed by atoms with Crippen molar-refractivity contribution in [1.29, 1.82) is 0 Å². The molecule has 3 nitrogen and oxygen atoms in total. The third-order valence-electron chi connectivity index (χ3n) is 2.79. The lowest BCUT2D eigenvalue weighted by molar-refractivity contribution is 0.747. The molecule has 13 heavy (non-hydrogen) atoms. The number of hydrogen-bond donors (Lipinski definition) is 2. The molecule has 0 aliphatic heterocycles. The average molecular weight is 173 g/mol. The first-order valence-electron chi connectivity index (χ1n) is 4.51. The molecular weight excluding hydrogens is 162 g/mol. The largest absolute Gasteiger partial charge is 0.346 e. The Morgan fingerprint density at radius 3 is 3.00 bits per heavy atom. The van der Waals surface area contributed by atoms with Crippen molar-refractivity contribution in [2.75, 3.05) is 0 Å². The molecule has 0 amide bonds. The maximum atomic E-state index is 6.15. The first kappa shape index (κ1) is 7.09. The van der Waals surface area contributed by atoms with E-state index in [0.29, 0.717) is 0 Å². The summed E-state index contributed by atoms with van der Waals surface area (Å²) in [5.74, 6) is 0. The molecule has 2 heterocycles. The van der Waals surface area contributed by atoms with Crippen LogP contribution in [0.4, 0.5) is 0 Å². The van der Waals surface area contributed by atoms with Gasteiger partial charge in [-0.05, 0) is 30.5 Å². The Hall–Kier alpha value is -1.35. The summed E-state index contributed by atoms with van der Waals surface area (Å²) in [6, 6.07) is 4.08. The van der Waals surface area contributed by atoms with Crippen LogP contribution in [0.5, 0.6) is 0 Å². The van der Waals surface area contributed by atoms with E-state index in [1.54, 1.807) is 0 Å². The highest BCUT2D eigenvalue weighted by Crippen LogP contribution is 2.44. The molecule has 2 aromatic rings. The zero-order chi connectivity index (χ0) is 8.89. The molecule has 1 aliphatic rings. The van der Waals surface area contributed by atoms with Crippen LogP contribution in [-0.2, 0) is 5.54 Å². The maximum Gasteiger partial charge on any atom is 0.137 e. The topological polar surface area (TPSA) is 54.7 Å². The van der Waals surface area contributed by atoms with Crippen molar-refractivity contribution in [3.63, 3.8) is 0 Å². The van der Waals surface area contributed by atoms with E-state index in [9.17, 15) is 0 Å². The lowest BCUT2D eigenvalue weighted by Gasteiger charge is -2.09. The number of aromatic nitrogens is 2. The Balaban J connectivity index is 2.33. The van der Waals surface area contributed by atoms with Gasteiger partial charge in [-0.2, -0.15) is 0 Å². The number of nitrogens with two attached hydrogens (primary N) is 1. The van der Waals surface area contributed by atoms with E-state index in [1.807, 2.05) is 24.5 Å². The number of nitrogens with one attached hydrogen (secondary N) is 1. The van der Waals surface area contributed by atoms with E-state index in [-0.39, 0.29) is 5.54 Å². The highest BCUT2D eigenvalue weighted by atomic mass is 14.9. The van der Waals surface area contributed by atoms with E-state index in [4.69, 9.17) is 5.73 Å². The van der Waals surface area contributed by atoms with Gasteiger partial charge in [0, 0.05) is 23.3 Å². The first-order chi connectivity index (χ1) is 6.30. The minimum absolute atomic E-state index is 0.0661. The number of hydrogen-bond acceptors (Lipinski definition) is 2. The number of H-pyrrole nitrogens is 1. The molecule has 3 rings (SSSR count). The third kappa shape index (κ3) is 0.906. The second-order valence-corrected chi connectivity index (χ2v) is 3.75. The van der Waals surface area contributed by atoms with Crippen molar-refractivity contribution in [1.82, 2.24) is 9.97 Å². The minimum Gasteiger partial charge on any atom is -0.346 e. The van der Waals surface area contributed by atoms with Crippen LogP contribution in [0.25, 0.3) is 11.0 Å². The summed E-state index contributed by atoms with van der Waals surface area (Å²) in [4.78, 5) is 7.33. The Labute approximate surface area is 76.0 Å². The number of nitrogens with zero attached hydrogens (tertiary/aromatic N) is 1. The summed E-state index contributed by atoms with van der Waals surface area (Å²) in [5.41, 5.74) is 8.26. The predicted molar refractivity (Wildman–Crippen MR) is 51.2 cm³/mol. The standard InChI is InChI=1S/C10H11N3/c11-10(3-4-10)8-2-6-13-9-7(8)1-5-12-9/h1-2,5-6H,3-4,11H2,(H,12,13). The molecule has 1 fully saturated rings. The number of aromatic amines is 1. The SMILES string of the molecule is NC1(c2ccnc3[nH]ccc23)CC1. The van der Waals surface area contributed by atoms with Crippen LogP contribution in [-0.4, -0.2) is 9.97 Å². The van der Waals surface area contributed by atoms with Crippen LogP contribution < -0.4 is 5.73 Å². The fourth-order valence-electron chi connectivity index (χ4n) is 1.80. The van der Waals surface area contributed by atoms with E-state index < -0.39 is 0 Å². The van der Waals surface area contributed by atoms with Crippen LogP contribution >= 0.6 is 0 Å². The third-order valence-corrected chi connectivity index (χ3v) is 2.79. The number of fused-ring (bicyclic) bond motifs is 1. The zero-order valence-corrected chi connectivity index (χ0v) is 7.25. The smallest absolute Gasteiger partial charge is 0.137 e. The minimum atomic E-state index is -0.0661. The number of pyridine rings is 1. The lowest BCUT2D eigenvalue weighted by atomic mass is 10.0. The van der Waals surface area contributed by atoms with E-state index in [0.717, 1.165) is 18.5 Å². The Morgan fingerprint density at radius 2 is 2.23 bits per heavy atom. The Kier molecular flexibility index (Phi) is 1.15. The first-order valence-corrected chi connectivity index (χ1v) is 4.51. The van der Waals surface area contributed by atoms with Gasteiger partial charge in [-0.3, -0.25) is 0 Å². The van der Waals surface area contributed by atoms with Crippen molar-refractivity contribution in [3.05, 3.63) is 30.1 Å². The van der Waals surface area contributed by atoms with Gasteiger partial charge in [0.15, 0.2) is 0 Å². The second-order valence-electron chi connectivity index (χ2n) is 3.75. The fraction of sp³-hybridized carbons (Fsp3) is 0.300. The van der Waals surface area contributed by atoms with Crippen molar-refractivity contribution in [2.24, 2.45) is 5.73 Å². The predicted octanol–water partition coefficient (Wildman–Crippen LogP) is 1.51.